The molecule has 96 valence electrons. The van der Waals surface area contributed by atoms with Gasteiger partial charge < -0.3 is 10.4 Å². The Bertz CT molecular complexity index is 312. The van der Waals surface area contributed by atoms with Crippen LogP contribution in [0, 0.1) is 23.7 Å². The normalized spacial score (nSPS) is 32.4. The van der Waals surface area contributed by atoms with Gasteiger partial charge >= 0.3 is 5.97 Å². The summed E-state index contributed by atoms with van der Waals surface area (Å²) in [6.07, 6.45) is 4.77. The Morgan fingerprint density at radius 1 is 1.18 bits per heavy atom. The fraction of sp³-hybridized carbons (Fsp3) is 0.846. The number of nitrogens with one attached hydrogen (secondary N) is 1. The van der Waals surface area contributed by atoms with Crippen molar-refractivity contribution < 1.29 is 14.7 Å². The molecule has 17 heavy (non-hydrogen) atoms. The number of carboxylic acids is 1. The van der Waals surface area contributed by atoms with Crippen molar-refractivity contribution >= 4 is 11.9 Å². The highest BCUT2D eigenvalue weighted by atomic mass is 16.4. The first-order chi connectivity index (χ1) is 8.11. The minimum absolute atomic E-state index is 0.0414. The molecule has 2 saturated carbocycles. The Balaban J connectivity index is 1.90. The van der Waals surface area contributed by atoms with Crippen LogP contribution in [0.4, 0.5) is 0 Å². The molecular formula is C13H21NO3. The van der Waals surface area contributed by atoms with Crippen molar-refractivity contribution in [3.8, 4) is 0 Å². The zero-order valence-corrected chi connectivity index (χ0v) is 10.3. The number of carbonyl (C=O) groups excluding carboxylic acids is 1. The van der Waals surface area contributed by atoms with Gasteiger partial charge in [0.25, 0.3) is 0 Å². The lowest BCUT2D eigenvalue weighted by molar-refractivity contribution is -0.146. The first kappa shape index (κ1) is 12.4. The minimum Gasteiger partial charge on any atom is -0.481 e. The second kappa shape index (κ2) is 5.07. The molecule has 4 nitrogen and oxygen atoms in total. The molecule has 3 atom stereocenters. The van der Waals surface area contributed by atoms with Gasteiger partial charge in [0.2, 0.25) is 5.91 Å². The Morgan fingerprint density at radius 3 is 2.35 bits per heavy atom. The number of carbonyl (C=O) groups is 2. The third kappa shape index (κ3) is 2.99. The Hall–Kier alpha value is -1.06. The molecule has 2 N–H and O–H groups in total. The lowest BCUT2D eigenvalue weighted by Gasteiger charge is -2.15. The lowest BCUT2D eigenvalue weighted by atomic mass is 9.95. The van der Waals surface area contributed by atoms with Crippen LogP contribution in [0.15, 0.2) is 0 Å². The molecule has 0 bridgehead atoms. The number of aliphatic carboxylic acids is 1. The summed E-state index contributed by atoms with van der Waals surface area (Å²) in [4.78, 5) is 23.1. The topological polar surface area (TPSA) is 66.4 Å². The van der Waals surface area contributed by atoms with Gasteiger partial charge in [-0.2, -0.15) is 0 Å². The highest BCUT2D eigenvalue weighted by Crippen LogP contribution is 2.38. The average Bonchev–Trinajstić information content (AvgIpc) is 3.02. The van der Waals surface area contributed by atoms with Crippen LogP contribution >= 0.6 is 0 Å². The number of rotatable bonds is 5. The first-order valence-corrected chi connectivity index (χ1v) is 6.62. The molecule has 2 aliphatic carbocycles. The van der Waals surface area contributed by atoms with Crippen molar-refractivity contribution in [1.29, 1.82) is 0 Å². The smallest absolute Gasteiger partial charge is 0.307 e. The van der Waals surface area contributed by atoms with Crippen LogP contribution in [-0.2, 0) is 9.59 Å². The van der Waals surface area contributed by atoms with Gasteiger partial charge in [0.1, 0.15) is 0 Å². The SMILES string of the molecule is CCC1CC(C(=O)O)C(C(=O)NCC2CC2)C1. The van der Waals surface area contributed by atoms with Gasteiger partial charge in [0.05, 0.1) is 11.8 Å². The van der Waals surface area contributed by atoms with Crippen molar-refractivity contribution in [2.75, 3.05) is 6.54 Å². The van der Waals surface area contributed by atoms with Crippen LogP contribution in [0.3, 0.4) is 0 Å². The van der Waals surface area contributed by atoms with E-state index in [1.807, 2.05) is 0 Å². The fourth-order valence-electron chi connectivity index (χ4n) is 2.74. The maximum Gasteiger partial charge on any atom is 0.307 e. The van der Waals surface area contributed by atoms with E-state index in [-0.39, 0.29) is 11.8 Å². The molecule has 0 aliphatic heterocycles. The molecule has 0 heterocycles. The van der Waals surface area contributed by atoms with Gasteiger partial charge in [-0.25, -0.2) is 0 Å². The molecular weight excluding hydrogens is 218 g/mol. The van der Waals surface area contributed by atoms with Crippen molar-refractivity contribution in [1.82, 2.24) is 5.32 Å². The minimum atomic E-state index is -0.812. The monoisotopic (exact) mass is 239 g/mol. The largest absolute Gasteiger partial charge is 0.481 e. The number of carboxylic acid groups (broad SMARTS) is 1. The van der Waals surface area contributed by atoms with E-state index in [1.165, 1.54) is 12.8 Å². The molecule has 3 unspecified atom stereocenters. The third-order valence-electron chi connectivity index (χ3n) is 4.15. The summed E-state index contributed by atoms with van der Waals surface area (Å²) >= 11 is 0. The maximum atomic E-state index is 12.0. The van der Waals surface area contributed by atoms with E-state index in [4.69, 9.17) is 5.11 Å². The number of hydrogen-bond donors (Lipinski definition) is 2. The van der Waals surface area contributed by atoms with Gasteiger partial charge in [0, 0.05) is 6.54 Å². The first-order valence-electron chi connectivity index (χ1n) is 6.62. The number of hydrogen-bond acceptors (Lipinski definition) is 2. The number of amides is 1. The Morgan fingerprint density at radius 2 is 1.82 bits per heavy atom. The highest BCUT2D eigenvalue weighted by Gasteiger charge is 2.42. The summed E-state index contributed by atoms with van der Waals surface area (Å²) in [5.74, 6) is -0.596. The molecule has 0 aromatic heterocycles. The van der Waals surface area contributed by atoms with Crippen molar-refractivity contribution in [3.63, 3.8) is 0 Å². The van der Waals surface area contributed by atoms with E-state index in [0.29, 0.717) is 18.3 Å². The van der Waals surface area contributed by atoms with E-state index in [9.17, 15) is 9.59 Å². The van der Waals surface area contributed by atoms with Crippen LogP contribution < -0.4 is 5.32 Å². The van der Waals surface area contributed by atoms with Crippen molar-refractivity contribution in [2.24, 2.45) is 23.7 Å². The van der Waals surface area contributed by atoms with E-state index >= 15 is 0 Å². The molecule has 0 aromatic rings. The standard InChI is InChI=1S/C13H21NO3/c1-2-8-5-10(11(6-8)13(16)17)12(15)14-7-9-3-4-9/h8-11H,2-7H2,1H3,(H,14,15)(H,16,17). The third-order valence-corrected chi connectivity index (χ3v) is 4.15. The van der Waals surface area contributed by atoms with E-state index in [1.54, 1.807) is 0 Å². The van der Waals surface area contributed by atoms with Crippen molar-refractivity contribution in [3.05, 3.63) is 0 Å². The molecule has 2 aliphatic rings. The predicted octanol–water partition coefficient (Wildman–Crippen LogP) is 1.65. The van der Waals surface area contributed by atoms with Gasteiger partial charge in [0.15, 0.2) is 0 Å². The van der Waals surface area contributed by atoms with E-state index < -0.39 is 11.9 Å². The predicted molar refractivity (Wildman–Crippen MR) is 63.4 cm³/mol. The van der Waals surface area contributed by atoms with Crippen LogP contribution in [0.25, 0.3) is 0 Å². The summed E-state index contributed by atoms with van der Waals surface area (Å²) in [6.45, 7) is 2.80. The second-order valence-electron chi connectivity index (χ2n) is 5.49. The fourth-order valence-corrected chi connectivity index (χ4v) is 2.74. The average molecular weight is 239 g/mol. The zero-order valence-electron chi connectivity index (χ0n) is 10.3. The van der Waals surface area contributed by atoms with Crippen LogP contribution in [0.1, 0.15) is 39.0 Å². The molecule has 2 rings (SSSR count). The van der Waals surface area contributed by atoms with Crippen LogP contribution in [-0.4, -0.2) is 23.5 Å². The summed E-state index contributed by atoms with van der Waals surface area (Å²) in [6, 6.07) is 0. The molecule has 4 heteroatoms. The van der Waals surface area contributed by atoms with Crippen molar-refractivity contribution in [2.45, 2.75) is 39.0 Å². The summed E-state index contributed by atoms with van der Waals surface area (Å²) in [7, 11) is 0. The lowest BCUT2D eigenvalue weighted by Crippen LogP contribution is -2.36. The molecule has 0 spiro atoms. The molecule has 2 fully saturated rings. The zero-order chi connectivity index (χ0) is 12.4. The molecule has 0 aromatic carbocycles. The van der Waals surface area contributed by atoms with Gasteiger partial charge in [-0.1, -0.05) is 13.3 Å². The summed E-state index contributed by atoms with van der Waals surface area (Å²) in [5.41, 5.74) is 0. The Labute approximate surface area is 102 Å². The highest BCUT2D eigenvalue weighted by molar-refractivity contribution is 5.85. The van der Waals surface area contributed by atoms with Gasteiger partial charge in [-0.15, -0.1) is 0 Å². The van der Waals surface area contributed by atoms with Gasteiger partial charge in [-0.3, -0.25) is 9.59 Å². The van der Waals surface area contributed by atoms with Crippen LogP contribution in [0.2, 0.25) is 0 Å². The quantitative estimate of drug-likeness (QED) is 0.766. The molecule has 0 radical (unpaired) electrons. The van der Waals surface area contributed by atoms with Gasteiger partial charge in [-0.05, 0) is 37.5 Å². The van der Waals surface area contributed by atoms with E-state index in [2.05, 4.69) is 12.2 Å². The molecule has 1 amide bonds. The Kier molecular flexibility index (Phi) is 3.69. The van der Waals surface area contributed by atoms with Crippen LogP contribution in [0.5, 0.6) is 0 Å². The molecule has 0 saturated heterocycles. The summed E-state index contributed by atoms with van der Waals surface area (Å²) in [5, 5.41) is 12.1. The maximum absolute atomic E-state index is 12.0. The van der Waals surface area contributed by atoms with E-state index in [0.717, 1.165) is 19.4 Å². The summed E-state index contributed by atoms with van der Waals surface area (Å²) < 4.78 is 0. The second-order valence-corrected chi connectivity index (χ2v) is 5.49.